The van der Waals surface area contributed by atoms with Gasteiger partial charge in [-0.05, 0) is 68.8 Å². The predicted molar refractivity (Wildman–Crippen MR) is 152 cm³/mol. The van der Waals surface area contributed by atoms with E-state index >= 15 is 0 Å². The van der Waals surface area contributed by atoms with E-state index in [1.807, 2.05) is 68.1 Å². The molecule has 3 aromatic heterocycles. The number of amides is 1. The van der Waals surface area contributed by atoms with E-state index in [-0.39, 0.29) is 17.7 Å². The lowest BCUT2D eigenvalue weighted by atomic mass is 10.0. The molecule has 198 valence electrons. The van der Waals surface area contributed by atoms with Crippen LogP contribution in [0.15, 0.2) is 73.2 Å². The highest BCUT2D eigenvalue weighted by Crippen LogP contribution is 2.36. The maximum atomic E-state index is 11.9. The first kappa shape index (κ1) is 25.7. The molecule has 3 heterocycles. The van der Waals surface area contributed by atoms with Gasteiger partial charge in [-0.2, -0.15) is 0 Å². The van der Waals surface area contributed by atoms with Gasteiger partial charge in [0.05, 0.1) is 17.1 Å². The van der Waals surface area contributed by atoms with Gasteiger partial charge in [0.15, 0.2) is 0 Å². The van der Waals surface area contributed by atoms with E-state index < -0.39 is 0 Å². The first-order valence-electron chi connectivity index (χ1n) is 12.6. The van der Waals surface area contributed by atoms with Crippen LogP contribution in [-0.2, 0) is 7.05 Å². The van der Waals surface area contributed by atoms with E-state index in [1.165, 1.54) is 0 Å². The summed E-state index contributed by atoms with van der Waals surface area (Å²) in [5, 5.41) is 6.01. The van der Waals surface area contributed by atoms with Crippen LogP contribution in [0, 0.1) is 6.92 Å². The summed E-state index contributed by atoms with van der Waals surface area (Å²) < 4.78 is 14.1. The summed E-state index contributed by atoms with van der Waals surface area (Å²) in [6.07, 6.45) is 5.23. The fraction of sp³-hybridized carbons (Fsp3) is 0.200. The number of fused-ring (bicyclic) bond motifs is 1. The van der Waals surface area contributed by atoms with Crippen LogP contribution < -0.4 is 20.1 Å². The highest BCUT2D eigenvalue weighted by molar-refractivity contribution is 5.92. The van der Waals surface area contributed by atoms with E-state index in [4.69, 9.17) is 14.5 Å². The Balaban J connectivity index is 1.44. The lowest BCUT2D eigenvalue weighted by Gasteiger charge is -2.17. The number of pyridine rings is 2. The number of anilines is 2. The third-order valence-electron chi connectivity index (χ3n) is 6.21. The number of nitrogens with one attached hydrogen (secondary N) is 2. The summed E-state index contributed by atoms with van der Waals surface area (Å²) in [5.41, 5.74) is 5.95. The van der Waals surface area contributed by atoms with Crippen LogP contribution in [-0.4, -0.2) is 38.6 Å². The molecule has 1 amide bonds. The van der Waals surface area contributed by atoms with Gasteiger partial charge in [-0.25, -0.2) is 4.98 Å². The molecule has 0 aliphatic carbocycles. The van der Waals surface area contributed by atoms with Crippen LogP contribution in [0.3, 0.4) is 0 Å². The summed E-state index contributed by atoms with van der Waals surface area (Å²) in [6, 6.07) is 17.0. The van der Waals surface area contributed by atoms with Gasteiger partial charge in [0.2, 0.25) is 5.95 Å². The van der Waals surface area contributed by atoms with Gasteiger partial charge in [-0.3, -0.25) is 14.8 Å². The molecular formula is C30H30N6O3. The molecule has 0 atom stereocenters. The Kier molecular flexibility index (Phi) is 7.14. The zero-order valence-electron chi connectivity index (χ0n) is 22.5. The summed E-state index contributed by atoms with van der Waals surface area (Å²) >= 11 is 0. The van der Waals surface area contributed by atoms with Crippen molar-refractivity contribution in [2.75, 3.05) is 12.4 Å². The van der Waals surface area contributed by atoms with Crippen molar-refractivity contribution in [1.82, 2.24) is 24.8 Å². The Morgan fingerprint density at radius 3 is 2.56 bits per heavy atom. The van der Waals surface area contributed by atoms with Crippen molar-refractivity contribution in [3.05, 3.63) is 84.4 Å². The number of ether oxygens (including phenoxy) is 2. The molecule has 0 fully saturated rings. The van der Waals surface area contributed by atoms with Crippen LogP contribution in [0.1, 0.15) is 29.9 Å². The molecule has 0 saturated carbocycles. The number of imidazole rings is 1. The van der Waals surface area contributed by atoms with Crippen molar-refractivity contribution in [3.8, 4) is 28.4 Å². The Labute approximate surface area is 226 Å². The standard InChI is InChI=1S/C30H30N6O3/c1-18(2)38-28-9-6-20(14-23(28)24-17-32-12-10-19(24)3)34-30-35-25-15-21(7-8-27(25)36(30)5)39-22-11-13-33-26(16-22)29(37)31-4/h6-18H,1-5H3,(H,31,37)(H,34,35). The number of carbonyl (C=O) groups excluding carboxylic acids is 1. The summed E-state index contributed by atoms with van der Waals surface area (Å²) in [4.78, 5) is 25.1. The van der Waals surface area contributed by atoms with Crippen LogP contribution in [0.4, 0.5) is 11.6 Å². The van der Waals surface area contributed by atoms with Crippen LogP contribution in [0.5, 0.6) is 17.2 Å². The second kappa shape index (κ2) is 10.8. The van der Waals surface area contributed by atoms with E-state index in [9.17, 15) is 4.79 Å². The highest BCUT2D eigenvalue weighted by atomic mass is 16.5. The minimum Gasteiger partial charge on any atom is -0.490 e. The number of hydrogen-bond donors (Lipinski definition) is 2. The third kappa shape index (κ3) is 5.52. The van der Waals surface area contributed by atoms with Gasteiger partial charge in [0.25, 0.3) is 5.91 Å². The molecule has 2 N–H and O–H groups in total. The monoisotopic (exact) mass is 522 g/mol. The molecule has 5 rings (SSSR count). The summed E-state index contributed by atoms with van der Waals surface area (Å²) in [7, 11) is 3.52. The fourth-order valence-electron chi connectivity index (χ4n) is 4.27. The average Bonchev–Trinajstić information content (AvgIpc) is 3.23. The Morgan fingerprint density at radius 1 is 0.974 bits per heavy atom. The first-order chi connectivity index (χ1) is 18.8. The summed E-state index contributed by atoms with van der Waals surface area (Å²) in [5.74, 6) is 2.32. The lowest BCUT2D eigenvalue weighted by molar-refractivity contribution is 0.0958. The number of carbonyl (C=O) groups is 1. The summed E-state index contributed by atoms with van der Waals surface area (Å²) in [6.45, 7) is 6.09. The molecule has 0 radical (unpaired) electrons. The number of aromatic nitrogens is 4. The zero-order valence-corrected chi connectivity index (χ0v) is 22.5. The van der Waals surface area contributed by atoms with E-state index in [0.717, 1.165) is 39.2 Å². The smallest absolute Gasteiger partial charge is 0.269 e. The van der Waals surface area contributed by atoms with Gasteiger partial charge >= 0.3 is 0 Å². The van der Waals surface area contributed by atoms with Crippen molar-refractivity contribution in [1.29, 1.82) is 0 Å². The molecule has 9 heteroatoms. The Hall–Kier alpha value is -4.92. The van der Waals surface area contributed by atoms with Gasteiger partial charge in [0.1, 0.15) is 22.9 Å². The number of hydrogen-bond acceptors (Lipinski definition) is 7. The molecule has 5 aromatic rings. The maximum Gasteiger partial charge on any atom is 0.269 e. The first-order valence-corrected chi connectivity index (χ1v) is 12.6. The van der Waals surface area contributed by atoms with Crippen molar-refractivity contribution in [2.45, 2.75) is 26.9 Å². The van der Waals surface area contributed by atoms with E-state index in [1.54, 1.807) is 31.6 Å². The Bertz CT molecular complexity index is 1660. The second-order valence-electron chi connectivity index (χ2n) is 9.40. The minimum atomic E-state index is -0.276. The molecule has 2 aromatic carbocycles. The maximum absolute atomic E-state index is 11.9. The quantitative estimate of drug-likeness (QED) is 0.257. The third-order valence-corrected chi connectivity index (χ3v) is 6.21. The molecule has 39 heavy (non-hydrogen) atoms. The normalized spacial score (nSPS) is 11.0. The molecule has 0 unspecified atom stereocenters. The minimum absolute atomic E-state index is 0.0401. The van der Waals surface area contributed by atoms with Gasteiger partial charge in [-0.1, -0.05) is 0 Å². The number of benzene rings is 2. The van der Waals surface area contributed by atoms with Gasteiger partial charge in [-0.15, -0.1) is 0 Å². The fourth-order valence-corrected chi connectivity index (χ4v) is 4.27. The molecule has 0 spiro atoms. The molecule has 0 saturated heterocycles. The second-order valence-corrected chi connectivity index (χ2v) is 9.40. The van der Waals surface area contributed by atoms with Crippen LogP contribution in [0.2, 0.25) is 0 Å². The van der Waals surface area contributed by atoms with E-state index in [2.05, 4.69) is 33.6 Å². The molecule has 0 aliphatic heterocycles. The van der Waals surface area contributed by atoms with Crippen LogP contribution >= 0.6 is 0 Å². The average molecular weight is 523 g/mol. The van der Waals surface area contributed by atoms with Gasteiger partial charge < -0.3 is 24.7 Å². The SMILES string of the molecule is CNC(=O)c1cc(Oc2ccc3c(c2)nc(Nc2ccc(OC(C)C)c(-c4cnccc4C)c2)n3C)ccn1. The molecular weight excluding hydrogens is 492 g/mol. The molecule has 9 nitrogen and oxygen atoms in total. The van der Waals surface area contributed by atoms with E-state index in [0.29, 0.717) is 17.4 Å². The number of nitrogens with zero attached hydrogens (tertiary/aromatic N) is 4. The van der Waals surface area contributed by atoms with Crippen LogP contribution in [0.25, 0.3) is 22.2 Å². The van der Waals surface area contributed by atoms with Crippen molar-refractivity contribution >= 4 is 28.6 Å². The lowest BCUT2D eigenvalue weighted by Crippen LogP contribution is -2.18. The highest BCUT2D eigenvalue weighted by Gasteiger charge is 2.15. The Morgan fingerprint density at radius 2 is 1.79 bits per heavy atom. The predicted octanol–water partition coefficient (Wildman–Crippen LogP) is 6.02. The van der Waals surface area contributed by atoms with Crippen molar-refractivity contribution < 1.29 is 14.3 Å². The number of aryl methyl sites for hydroxylation is 2. The molecule has 0 bridgehead atoms. The van der Waals surface area contributed by atoms with Gasteiger partial charge in [0, 0.05) is 61.6 Å². The van der Waals surface area contributed by atoms with Crippen molar-refractivity contribution in [3.63, 3.8) is 0 Å². The zero-order chi connectivity index (χ0) is 27.5. The topological polar surface area (TPSA) is 103 Å². The van der Waals surface area contributed by atoms with Crippen molar-refractivity contribution in [2.24, 2.45) is 7.05 Å². The largest absolute Gasteiger partial charge is 0.490 e. The molecule has 0 aliphatic rings. The number of rotatable bonds is 8.